The highest BCUT2D eigenvalue weighted by Crippen LogP contribution is 2.22. The summed E-state index contributed by atoms with van der Waals surface area (Å²) in [4.78, 5) is 9.94. The first kappa shape index (κ1) is 17.9. The molecule has 1 saturated heterocycles. The highest BCUT2D eigenvalue weighted by molar-refractivity contribution is 5.61. The number of hydrogen-bond acceptors (Lipinski definition) is 4. The summed E-state index contributed by atoms with van der Waals surface area (Å²) >= 11 is 0. The van der Waals surface area contributed by atoms with Gasteiger partial charge in [0, 0.05) is 30.0 Å². The van der Waals surface area contributed by atoms with Gasteiger partial charge in [0.1, 0.15) is 6.33 Å². The lowest BCUT2D eigenvalue weighted by Crippen LogP contribution is -2.44. The molecule has 0 saturated carbocycles. The number of nitrogens with zero attached hydrogens (tertiary/aromatic N) is 3. The molecule has 25 heavy (non-hydrogen) atoms. The summed E-state index contributed by atoms with van der Waals surface area (Å²) in [5.41, 5.74) is 3.31. The van der Waals surface area contributed by atoms with E-state index >= 15 is 0 Å². The van der Waals surface area contributed by atoms with Gasteiger partial charge in [-0.2, -0.15) is 0 Å². The van der Waals surface area contributed by atoms with Gasteiger partial charge in [0.05, 0.1) is 6.54 Å². The molecular formula is C19H24F2N4. The van der Waals surface area contributed by atoms with Crippen LogP contribution < -0.4 is 5.32 Å². The van der Waals surface area contributed by atoms with Gasteiger partial charge < -0.3 is 5.32 Å². The quantitative estimate of drug-likeness (QED) is 0.869. The van der Waals surface area contributed by atoms with E-state index in [0.717, 1.165) is 37.1 Å². The third kappa shape index (κ3) is 5.03. The molecule has 3 rings (SSSR count). The largest absolute Gasteiger partial charge is 0.307 e. The number of likely N-dealkylation sites (tertiary alicyclic amines) is 1. The van der Waals surface area contributed by atoms with Crippen LogP contribution in [0.1, 0.15) is 31.4 Å². The summed E-state index contributed by atoms with van der Waals surface area (Å²) < 4.78 is 24.9. The van der Waals surface area contributed by atoms with Crippen LogP contribution in [0, 0.1) is 0 Å². The molecule has 1 N–H and O–H groups in total. The number of rotatable bonds is 6. The van der Waals surface area contributed by atoms with Crippen molar-refractivity contribution < 1.29 is 8.78 Å². The summed E-state index contributed by atoms with van der Waals surface area (Å²) in [6, 6.07) is 9.01. The Morgan fingerprint density at radius 1 is 1.08 bits per heavy atom. The first-order chi connectivity index (χ1) is 12.1. The van der Waals surface area contributed by atoms with Crippen LogP contribution in [0.25, 0.3) is 11.1 Å². The second-order valence-corrected chi connectivity index (χ2v) is 6.60. The molecular weight excluding hydrogens is 322 g/mol. The number of halogens is 2. The van der Waals surface area contributed by atoms with Crippen LogP contribution >= 0.6 is 0 Å². The molecule has 1 fully saturated rings. The van der Waals surface area contributed by atoms with Crippen LogP contribution in [0.2, 0.25) is 0 Å². The van der Waals surface area contributed by atoms with Crippen molar-refractivity contribution in [2.24, 2.45) is 0 Å². The minimum Gasteiger partial charge on any atom is -0.307 e. The van der Waals surface area contributed by atoms with Gasteiger partial charge in [0.15, 0.2) is 0 Å². The van der Waals surface area contributed by atoms with Crippen molar-refractivity contribution >= 4 is 0 Å². The first-order valence-electron chi connectivity index (χ1n) is 8.73. The van der Waals surface area contributed by atoms with Gasteiger partial charge in [-0.05, 0) is 44.0 Å². The van der Waals surface area contributed by atoms with Gasteiger partial charge in [-0.25, -0.2) is 18.7 Å². The summed E-state index contributed by atoms with van der Waals surface area (Å²) in [6.07, 6.45) is 4.72. The molecule has 6 heteroatoms. The van der Waals surface area contributed by atoms with Gasteiger partial charge in [0.25, 0.3) is 6.43 Å². The Bertz CT molecular complexity index is 640. The molecule has 2 aromatic rings. The van der Waals surface area contributed by atoms with Gasteiger partial charge in [-0.1, -0.05) is 24.3 Å². The van der Waals surface area contributed by atoms with E-state index in [1.54, 1.807) is 12.4 Å². The van der Waals surface area contributed by atoms with Crippen molar-refractivity contribution in [3.63, 3.8) is 0 Å². The van der Waals surface area contributed by atoms with Crippen molar-refractivity contribution in [1.29, 1.82) is 0 Å². The number of hydrogen-bond donors (Lipinski definition) is 1. The fourth-order valence-corrected chi connectivity index (χ4v) is 3.34. The minimum atomic E-state index is -2.24. The molecule has 0 amide bonds. The minimum absolute atomic E-state index is 0.104. The molecule has 1 aliphatic heterocycles. The number of nitrogens with one attached hydrogen (secondary N) is 1. The number of benzene rings is 1. The average Bonchev–Trinajstić information content (AvgIpc) is 2.64. The highest BCUT2D eigenvalue weighted by Gasteiger charge is 2.22. The molecule has 0 aliphatic carbocycles. The van der Waals surface area contributed by atoms with Gasteiger partial charge in [-0.3, -0.25) is 4.90 Å². The highest BCUT2D eigenvalue weighted by atomic mass is 19.3. The van der Waals surface area contributed by atoms with Crippen LogP contribution in [0.4, 0.5) is 8.78 Å². The Kier molecular flexibility index (Phi) is 6.04. The zero-order valence-electron chi connectivity index (χ0n) is 14.4. The number of aromatic nitrogens is 2. The lowest BCUT2D eigenvalue weighted by molar-refractivity contribution is 0.0722. The molecule has 0 radical (unpaired) electrons. The third-order valence-corrected chi connectivity index (χ3v) is 4.77. The van der Waals surface area contributed by atoms with E-state index in [1.165, 1.54) is 11.9 Å². The summed E-state index contributed by atoms with van der Waals surface area (Å²) in [5, 5.41) is 3.63. The Morgan fingerprint density at radius 3 is 2.32 bits per heavy atom. The monoisotopic (exact) mass is 346 g/mol. The molecule has 2 heterocycles. The fourth-order valence-electron chi connectivity index (χ4n) is 3.34. The van der Waals surface area contributed by atoms with Crippen molar-refractivity contribution in [1.82, 2.24) is 20.2 Å². The Hall–Kier alpha value is -1.92. The van der Waals surface area contributed by atoms with Crippen LogP contribution in [0.3, 0.4) is 0 Å². The van der Waals surface area contributed by atoms with E-state index in [4.69, 9.17) is 0 Å². The van der Waals surface area contributed by atoms with Gasteiger partial charge in [0.2, 0.25) is 0 Å². The predicted molar refractivity (Wildman–Crippen MR) is 94.5 cm³/mol. The number of alkyl halides is 2. The molecule has 134 valence electrons. The second kappa shape index (κ2) is 8.45. The van der Waals surface area contributed by atoms with Crippen molar-refractivity contribution in [2.75, 3.05) is 19.6 Å². The zero-order chi connectivity index (χ0) is 17.6. The maximum Gasteiger partial charge on any atom is 0.251 e. The van der Waals surface area contributed by atoms with Crippen LogP contribution in [0.15, 0.2) is 43.0 Å². The zero-order valence-corrected chi connectivity index (χ0v) is 14.4. The lowest BCUT2D eigenvalue weighted by atomic mass is 10.00. The van der Waals surface area contributed by atoms with E-state index in [2.05, 4.69) is 46.5 Å². The maximum atomic E-state index is 12.4. The fraction of sp³-hybridized carbons (Fsp3) is 0.474. The van der Waals surface area contributed by atoms with Crippen LogP contribution in [-0.2, 0) is 0 Å². The van der Waals surface area contributed by atoms with E-state index in [9.17, 15) is 8.78 Å². The van der Waals surface area contributed by atoms with Crippen LogP contribution in [0.5, 0.6) is 0 Å². The van der Waals surface area contributed by atoms with E-state index in [-0.39, 0.29) is 12.6 Å². The van der Waals surface area contributed by atoms with Gasteiger partial charge >= 0.3 is 0 Å². The van der Waals surface area contributed by atoms with Crippen molar-refractivity contribution in [2.45, 2.75) is 38.3 Å². The predicted octanol–water partition coefficient (Wildman–Crippen LogP) is 3.52. The molecule has 1 aromatic heterocycles. The molecule has 0 spiro atoms. The van der Waals surface area contributed by atoms with E-state index < -0.39 is 6.43 Å². The number of piperidine rings is 1. The van der Waals surface area contributed by atoms with E-state index in [1.807, 2.05) is 4.90 Å². The molecule has 1 atom stereocenters. The van der Waals surface area contributed by atoms with Crippen LogP contribution in [-0.4, -0.2) is 47.0 Å². The average molecular weight is 346 g/mol. The smallest absolute Gasteiger partial charge is 0.251 e. The van der Waals surface area contributed by atoms with Crippen molar-refractivity contribution in [3.8, 4) is 11.1 Å². The van der Waals surface area contributed by atoms with Gasteiger partial charge in [-0.15, -0.1) is 0 Å². The standard InChI is InChI=1S/C19H24F2N4/c1-14(24-18-6-8-25(9-7-18)12-19(20)21)15-2-4-16(5-3-15)17-10-22-13-23-11-17/h2-5,10-11,13-14,18-19,24H,6-9,12H2,1H3/t14-/m0/s1. The normalized spacial score (nSPS) is 17.8. The molecule has 0 bridgehead atoms. The Balaban J connectivity index is 1.53. The third-order valence-electron chi connectivity index (χ3n) is 4.77. The maximum absolute atomic E-state index is 12.4. The topological polar surface area (TPSA) is 41.0 Å². The summed E-state index contributed by atoms with van der Waals surface area (Å²) in [5.74, 6) is 0. The first-order valence-corrected chi connectivity index (χ1v) is 8.73. The Morgan fingerprint density at radius 2 is 1.72 bits per heavy atom. The SMILES string of the molecule is C[C@H](NC1CCN(CC(F)F)CC1)c1ccc(-c2cncnc2)cc1. The summed E-state index contributed by atoms with van der Waals surface area (Å²) in [7, 11) is 0. The lowest BCUT2D eigenvalue weighted by Gasteiger charge is -2.33. The molecule has 0 unspecified atom stereocenters. The Labute approximate surface area is 147 Å². The van der Waals surface area contributed by atoms with Crippen molar-refractivity contribution in [3.05, 3.63) is 48.5 Å². The molecule has 1 aliphatic rings. The molecule has 1 aromatic carbocycles. The second-order valence-electron chi connectivity index (χ2n) is 6.60. The molecule has 4 nitrogen and oxygen atoms in total. The summed E-state index contributed by atoms with van der Waals surface area (Å²) in [6.45, 7) is 3.52. The van der Waals surface area contributed by atoms with E-state index in [0.29, 0.717) is 6.04 Å².